The fourth-order valence-corrected chi connectivity index (χ4v) is 2.57. The van der Waals surface area contributed by atoms with Crippen LogP contribution in [0.1, 0.15) is 37.7 Å². The summed E-state index contributed by atoms with van der Waals surface area (Å²) in [5.74, 6) is 1.58. The van der Waals surface area contributed by atoms with Gasteiger partial charge in [0.25, 0.3) is 0 Å². The second kappa shape index (κ2) is 7.62. The van der Waals surface area contributed by atoms with Crippen LogP contribution in [0.3, 0.4) is 0 Å². The number of carbonyl (C=O) groups excluding carboxylic acids is 1. The van der Waals surface area contributed by atoms with Gasteiger partial charge in [-0.1, -0.05) is 38.0 Å². The maximum absolute atomic E-state index is 11.3. The number of aromatic nitrogens is 1. The molecule has 0 aromatic carbocycles. The summed E-state index contributed by atoms with van der Waals surface area (Å²) in [6.07, 6.45) is 13.6. The third-order valence-electron chi connectivity index (χ3n) is 3.75. The molecule has 1 heterocycles. The van der Waals surface area contributed by atoms with Gasteiger partial charge in [-0.15, -0.1) is 0 Å². The highest BCUT2D eigenvalue weighted by atomic mass is 16.5. The smallest absolute Gasteiger partial charge is 0.248 e. The summed E-state index contributed by atoms with van der Waals surface area (Å²) in [6.45, 7) is 3.43. The van der Waals surface area contributed by atoms with Gasteiger partial charge in [0.1, 0.15) is 11.6 Å². The van der Waals surface area contributed by atoms with Gasteiger partial charge in [0.15, 0.2) is 0 Å². The number of nitrogens with one attached hydrogen (secondary N) is 1. The van der Waals surface area contributed by atoms with Gasteiger partial charge in [0.05, 0.1) is 13.3 Å². The molecule has 4 nitrogen and oxygen atoms in total. The molecule has 1 aliphatic carbocycles. The average molecular weight is 286 g/mol. The topological polar surface area (TPSA) is 51.2 Å². The molecule has 1 N–H and O–H groups in total. The maximum atomic E-state index is 11.3. The van der Waals surface area contributed by atoms with E-state index in [1.807, 2.05) is 6.07 Å². The average Bonchev–Trinajstić information content (AvgIpc) is 2.54. The van der Waals surface area contributed by atoms with Crippen LogP contribution in [0.2, 0.25) is 0 Å². The fourth-order valence-electron chi connectivity index (χ4n) is 2.57. The summed E-state index contributed by atoms with van der Waals surface area (Å²) in [5, 5.41) is 2.66. The Kier molecular flexibility index (Phi) is 5.55. The Balaban J connectivity index is 2.14. The van der Waals surface area contributed by atoms with E-state index in [9.17, 15) is 4.79 Å². The quantitative estimate of drug-likeness (QED) is 0.837. The van der Waals surface area contributed by atoms with Gasteiger partial charge in [-0.05, 0) is 30.9 Å². The third kappa shape index (κ3) is 4.45. The molecule has 1 aromatic rings. The van der Waals surface area contributed by atoms with E-state index in [2.05, 4.69) is 29.0 Å². The van der Waals surface area contributed by atoms with Gasteiger partial charge in [-0.3, -0.25) is 4.79 Å². The third-order valence-corrected chi connectivity index (χ3v) is 3.75. The molecule has 2 rings (SSSR count). The van der Waals surface area contributed by atoms with Crippen LogP contribution >= 0.6 is 0 Å². The number of carbonyl (C=O) groups is 1. The van der Waals surface area contributed by atoms with Gasteiger partial charge in [0, 0.05) is 5.56 Å². The highest BCUT2D eigenvalue weighted by molar-refractivity contribution is 5.98. The summed E-state index contributed by atoms with van der Waals surface area (Å²) >= 11 is 0. The van der Waals surface area contributed by atoms with E-state index in [-0.39, 0.29) is 5.91 Å². The highest BCUT2D eigenvalue weighted by Gasteiger charge is 2.11. The van der Waals surface area contributed by atoms with Gasteiger partial charge in [-0.2, -0.15) is 0 Å². The molecule has 0 saturated heterocycles. The lowest BCUT2D eigenvalue weighted by atomic mass is 9.89. The van der Waals surface area contributed by atoms with Crippen molar-refractivity contribution in [2.45, 2.75) is 32.1 Å². The molecular weight excluding hydrogens is 264 g/mol. The van der Waals surface area contributed by atoms with Crippen LogP contribution in [0.4, 0.5) is 5.82 Å². The van der Waals surface area contributed by atoms with Crippen LogP contribution in [0, 0.1) is 5.92 Å². The number of hydrogen-bond donors (Lipinski definition) is 1. The maximum Gasteiger partial charge on any atom is 0.248 e. The van der Waals surface area contributed by atoms with E-state index in [1.165, 1.54) is 38.2 Å². The lowest BCUT2D eigenvalue weighted by Gasteiger charge is -2.17. The lowest BCUT2D eigenvalue weighted by molar-refractivity contribution is -0.111. The summed E-state index contributed by atoms with van der Waals surface area (Å²) in [7, 11) is 1.62. The molecule has 0 bridgehead atoms. The molecule has 1 saturated carbocycles. The molecule has 1 fully saturated rings. The minimum absolute atomic E-state index is 0.269. The van der Waals surface area contributed by atoms with E-state index >= 15 is 0 Å². The van der Waals surface area contributed by atoms with Crippen LogP contribution in [-0.2, 0) is 4.79 Å². The molecule has 112 valence electrons. The monoisotopic (exact) mass is 286 g/mol. The molecule has 0 unspecified atom stereocenters. The molecule has 1 aromatic heterocycles. The first-order chi connectivity index (χ1) is 10.2. The molecule has 0 aliphatic heterocycles. The van der Waals surface area contributed by atoms with Crippen LogP contribution in [0.25, 0.3) is 6.08 Å². The first kappa shape index (κ1) is 15.3. The van der Waals surface area contributed by atoms with Crippen molar-refractivity contribution in [2.75, 3.05) is 12.4 Å². The minimum Gasteiger partial charge on any atom is -0.495 e. The summed E-state index contributed by atoms with van der Waals surface area (Å²) in [4.78, 5) is 15.5. The van der Waals surface area contributed by atoms with Crippen molar-refractivity contribution in [3.63, 3.8) is 0 Å². The number of anilines is 1. The standard InChI is InChI=1S/C17H22N2O2/c1-3-17(20)19-16-11-14(15(21-2)12-18-16)10-9-13-7-5-4-6-8-13/h3,9-13H,1,4-8H2,2H3,(H,18,19,20)/b10-9+. The number of allylic oxidation sites excluding steroid dienone is 1. The lowest BCUT2D eigenvalue weighted by Crippen LogP contribution is -2.09. The largest absolute Gasteiger partial charge is 0.495 e. The predicted octanol–water partition coefficient (Wildman–Crippen LogP) is 3.81. The molecule has 1 aliphatic rings. The van der Waals surface area contributed by atoms with Crippen molar-refractivity contribution >= 4 is 17.8 Å². The Morgan fingerprint density at radius 2 is 2.19 bits per heavy atom. The normalized spacial score (nSPS) is 15.9. The summed E-state index contributed by atoms with van der Waals surface area (Å²) in [5.41, 5.74) is 0.928. The number of ether oxygens (including phenoxy) is 1. The Hall–Kier alpha value is -2.10. The van der Waals surface area contributed by atoms with E-state index in [1.54, 1.807) is 13.3 Å². The number of nitrogens with zero attached hydrogens (tertiary/aromatic N) is 1. The molecule has 0 radical (unpaired) electrons. The van der Waals surface area contributed by atoms with Gasteiger partial charge < -0.3 is 10.1 Å². The van der Waals surface area contributed by atoms with E-state index < -0.39 is 0 Å². The van der Waals surface area contributed by atoms with Crippen molar-refractivity contribution in [3.8, 4) is 5.75 Å². The van der Waals surface area contributed by atoms with Gasteiger partial charge in [-0.25, -0.2) is 4.98 Å². The molecule has 0 atom stereocenters. The molecule has 0 spiro atoms. The second-order valence-electron chi connectivity index (χ2n) is 5.26. The Bertz CT molecular complexity index is 532. The summed E-state index contributed by atoms with van der Waals surface area (Å²) in [6, 6.07) is 1.82. The highest BCUT2D eigenvalue weighted by Crippen LogP contribution is 2.27. The number of pyridine rings is 1. The van der Waals surface area contributed by atoms with Crippen molar-refractivity contribution < 1.29 is 9.53 Å². The minimum atomic E-state index is -0.269. The van der Waals surface area contributed by atoms with E-state index in [0.29, 0.717) is 17.5 Å². The Labute approximate surface area is 125 Å². The van der Waals surface area contributed by atoms with Crippen LogP contribution in [0.15, 0.2) is 31.0 Å². The zero-order valence-corrected chi connectivity index (χ0v) is 12.5. The summed E-state index contributed by atoms with van der Waals surface area (Å²) < 4.78 is 5.32. The van der Waals surface area contributed by atoms with Crippen molar-refractivity contribution in [1.82, 2.24) is 4.98 Å². The number of amides is 1. The second-order valence-corrected chi connectivity index (χ2v) is 5.26. The van der Waals surface area contributed by atoms with Crippen LogP contribution in [-0.4, -0.2) is 18.0 Å². The molecule has 21 heavy (non-hydrogen) atoms. The van der Waals surface area contributed by atoms with Gasteiger partial charge >= 0.3 is 0 Å². The zero-order valence-electron chi connectivity index (χ0n) is 12.5. The van der Waals surface area contributed by atoms with E-state index in [4.69, 9.17) is 4.74 Å². The SMILES string of the molecule is C=CC(=O)Nc1cc(/C=C/C2CCCCC2)c(OC)cn1. The predicted molar refractivity (Wildman–Crippen MR) is 85.2 cm³/mol. The van der Waals surface area contributed by atoms with Crippen molar-refractivity contribution in [1.29, 1.82) is 0 Å². The molecule has 1 amide bonds. The zero-order chi connectivity index (χ0) is 15.1. The van der Waals surface area contributed by atoms with Gasteiger partial charge in [0.2, 0.25) is 5.91 Å². The number of hydrogen-bond acceptors (Lipinski definition) is 3. The van der Waals surface area contributed by atoms with Crippen LogP contribution in [0.5, 0.6) is 5.75 Å². The number of methoxy groups -OCH3 is 1. The fraction of sp³-hybridized carbons (Fsp3) is 0.412. The van der Waals surface area contributed by atoms with Crippen molar-refractivity contribution in [2.24, 2.45) is 5.92 Å². The molecular formula is C17H22N2O2. The van der Waals surface area contributed by atoms with Crippen molar-refractivity contribution in [3.05, 3.63) is 36.6 Å². The Morgan fingerprint density at radius 3 is 2.86 bits per heavy atom. The van der Waals surface area contributed by atoms with E-state index in [0.717, 1.165) is 5.56 Å². The number of rotatable bonds is 5. The molecule has 4 heteroatoms. The van der Waals surface area contributed by atoms with Crippen LogP contribution < -0.4 is 10.1 Å². The first-order valence-corrected chi connectivity index (χ1v) is 7.38. The first-order valence-electron chi connectivity index (χ1n) is 7.38. The Morgan fingerprint density at radius 1 is 1.43 bits per heavy atom.